The molecular weight excluding hydrogens is 638 g/mol. The summed E-state index contributed by atoms with van der Waals surface area (Å²) in [7, 11) is 0. The van der Waals surface area contributed by atoms with Crippen LogP contribution in [-0.4, -0.2) is 40.9 Å². The van der Waals surface area contributed by atoms with Crippen LogP contribution in [0.5, 0.6) is 0 Å². The SMILES string of the molecule is CCCCCCCCCCC[CH2][Sn](=[O])[CH2]CCCCCCCCCCC.CCC[CH2][Sn][CH2]CCC. The first-order valence-corrected chi connectivity index (χ1v) is 25.7. The Balaban J connectivity index is 0. The van der Waals surface area contributed by atoms with Gasteiger partial charge in [-0.25, -0.2) is 0 Å². The van der Waals surface area contributed by atoms with Crippen LogP contribution >= 0.6 is 0 Å². The van der Waals surface area contributed by atoms with Crippen LogP contribution in [0, 0.1) is 0 Å². The van der Waals surface area contributed by atoms with Crippen molar-refractivity contribution in [1.82, 2.24) is 0 Å². The van der Waals surface area contributed by atoms with E-state index in [2.05, 4.69) is 27.7 Å². The van der Waals surface area contributed by atoms with E-state index in [4.69, 9.17) is 0 Å². The molecule has 0 rings (SSSR count). The molecule has 0 aromatic carbocycles. The van der Waals surface area contributed by atoms with E-state index >= 15 is 0 Å². The monoisotopic (exact) mass is 708 g/mol. The second-order valence-corrected chi connectivity index (χ2v) is 21.1. The second kappa shape index (κ2) is 37.5. The van der Waals surface area contributed by atoms with Crippen LogP contribution in [0.4, 0.5) is 0 Å². The molecule has 3 heteroatoms. The fourth-order valence-electron chi connectivity index (χ4n) is 4.47. The van der Waals surface area contributed by atoms with E-state index in [1.165, 1.54) is 154 Å². The molecule has 0 bridgehead atoms. The molecule has 0 amide bonds. The van der Waals surface area contributed by atoms with Crippen molar-refractivity contribution >= 4 is 40.9 Å². The molecule has 1 nitrogen and oxygen atoms in total. The van der Waals surface area contributed by atoms with Crippen molar-refractivity contribution < 1.29 is 3.08 Å². The van der Waals surface area contributed by atoms with Crippen LogP contribution in [0.25, 0.3) is 0 Å². The first-order chi connectivity index (χ1) is 17.2. The van der Waals surface area contributed by atoms with Gasteiger partial charge in [-0.15, -0.1) is 0 Å². The van der Waals surface area contributed by atoms with E-state index in [0.717, 1.165) is 8.87 Å². The topological polar surface area (TPSA) is 17.1 Å². The molecule has 0 aromatic heterocycles. The molecule has 0 saturated heterocycles. The van der Waals surface area contributed by atoms with Gasteiger partial charge in [-0.2, -0.15) is 0 Å². The van der Waals surface area contributed by atoms with Gasteiger partial charge in [0, 0.05) is 0 Å². The van der Waals surface area contributed by atoms with Gasteiger partial charge in [0.15, 0.2) is 0 Å². The van der Waals surface area contributed by atoms with Gasteiger partial charge < -0.3 is 0 Å². The molecule has 0 N–H and O–H groups in total. The Labute approximate surface area is 241 Å². The summed E-state index contributed by atoms with van der Waals surface area (Å²) in [6, 6.07) is 0. The number of hydrogen-bond donors (Lipinski definition) is 0. The summed E-state index contributed by atoms with van der Waals surface area (Å²) >= 11 is -2.01. The van der Waals surface area contributed by atoms with Crippen molar-refractivity contribution in [1.29, 1.82) is 0 Å². The van der Waals surface area contributed by atoms with E-state index in [1.54, 1.807) is 8.87 Å². The van der Waals surface area contributed by atoms with Crippen LogP contribution in [0.3, 0.4) is 0 Å². The summed E-state index contributed by atoms with van der Waals surface area (Å²) in [4.78, 5) is 0. The molecule has 0 unspecified atom stereocenters. The molecule has 0 fully saturated rings. The molecule has 210 valence electrons. The van der Waals surface area contributed by atoms with Crippen LogP contribution in [0.15, 0.2) is 0 Å². The summed E-state index contributed by atoms with van der Waals surface area (Å²) in [5.41, 5.74) is 0. The Morgan fingerprint density at radius 1 is 0.371 bits per heavy atom. The fourth-order valence-corrected chi connectivity index (χ4v) is 13.0. The Bertz CT molecular complexity index is 341. The zero-order chi connectivity index (χ0) is 26.1. The number of unbranched alkanes of at least 4 members (excludes halogenated alkanes) is 20. The molecule has 0 aliphatic rings. The van der Waals surface area contributed by atoms with Gasteiger partial charge in [0.05, 0.1) is 0 Å². The van der Waals surface area contributed by atoms with Gasteiger partial charge in [-0.05, 0) is 0 Å². The standard InChI is InChI=1S/2C12H25.2C4H9.O.2Sn/c2*1-3-5-7-9-11-12-10-8-6-4-2;2*1-3-4-2;;;/h2*1,3-12H2,2H3;2*1,3-4H2,2H3;;;. The molecule has 2 radical (unpaired) electrons. The quantitative estimate of drug-likeness (QED) is 0.0585. The first-order valence-electron chi connectivity index (χ1n) is 16.4. The normalized spacial score (nSPS) is 10.9. The van der Waals surface area contributed by atoms with Gasteiger partial charge in [0.25, 0.3) is 0 Å². The van der Waals surface area contributed by atoms with E-state index in [1.807, 2.05) is 0 Å². The number of rotatable bonds is 28. The summed E-state index contributed by atoms with van der Waals surface area (Å²) < 4.78 is 17.7. The van der Waals surface area contributed by atoms with Crippen LogP contribution < -0.4 is 0 Å². The minimum absolute atomic E-state index is 0.149. The summed E-state index contributed by atoms with van der Waals surface area (Å²) in [5, 5.41) is 0. The Hall–Kier alpha value is 1.40. The Kier molecular flexibility index (Phi) is 41.4. The molecule has 0 aliphatic carbocycles. The van der Waals surface area contributed by atoms with Gasteiger partial charge in [-0.1, -0.05) is 0 Å². The van der Waals surface area contributed by atoms with Gasteiger partial charge in [-0.3, -0.25) is 0 Å². The molecule has 0 aromatic rings. The maximum atomic E-state index is 12.2. The molecule has 0 saturated carbocycles. The summed E-state index contributed by atoms with van der Waals surface area (Å²) in [6.45, 7) is 9.15. The third-order valence-corrected chi connectivity index (χ3v) is 16.3. The van der Waals surface area contributed by atoms with Crippen molar-refractivity contribution in [2.45, 2.75) is 200 Å². The summed E-state index contributed by atoms with van der Waals surface area (Å²) in [5.74, 6) is 0. The van der Waals surface area contributed by atoms with Crippen LogP contribution in [0.2, 0.25) is 17.7 Å². The van der Waals surface area contributed by atoms with Crippen molar-refractivity contribution in [3.63, 3.8) is 0 Å². The fraction of sp³-hybridized carbons (Fsp3) is 1.00. The zero-order valence-corrected chi connectivity index (χ0v) is 30.9. The molecule has 0 heterocycles. The van der Waals surface area contributed by atoms with Crippen LogP contribution in [-0.2, 0) is 3.08 Å². The number of hydrogen-bond acceptors (Lipinski definition) is 1. The third-order valence-electron chi connectivity index (χ3n) is 7.03. The molecule has 0 aliphatic heterocycles. The van der Waals surface area contributed by atoms with E-state index in [0.29, 0.717) is 0 Å². The predicted octanol–water partition coefficient (Wildman–Crippen LogP) is 12.4. The van der Waals surface area contributed by atoms with Gasteiger partial charge >= 0.3 is 244 Å². The maximum absolute atomic E-state index is 12.2. The first kappa shape index (κ1) is 38.5. The second-order valence-electron chi connectivity index (χ2n) is 10.9. The van der Waals surface area contributed by atoms with Crippen molar-refractivity contribution in [2.75, 3.05) is 0 Å². The van der Waals surface area contributed by atoms with Crippen molar-refractivity contribution in [3.8, 4) is 0 Å². The van der Waals surface area contributed by atoms with E-state index in [9.17, 15) is 3.08 Å². The molecule has 0 atom stereocenters. The zero-order valence-electron chi connectivity index (χ0n) is 25.2. The third kappa shape index (κ3) is 40.1. The Morgan fingerprint density at radius 3 is 0.914 bits per heavy atom. The molecular formula is C32H68OSn2. The van der Waals surface area contributed by atoms with Crippen LogP contribution in [0.1, 0.15) is 182 Å². The van der Waals surface area contributed by atoms with Crippen molar-refractivity contribution in [2.24, 2.45) is 0 Å². The minimum atomic E-state index is -2.16. The van der Waals surface area contributed by atoms with E-state index in [-0.39, 0.29) is 21.1 Å². The Morgan fingerprint density at radius 2 is 0.629 bits per heavy atom. The summed E-state index contributed by atoms with van der Waals surface area (Å²) in [6.07, 6.45) is 33.5. The van der Waals surface area contributed by atoms with Crippen molar-refractivity contribution in [3.05, 3.63) is 0 Å². The average molecular weight is 706 g/mol. The molecule has 0 spiro atoms. The van der Waals surface area contributed by atoms with E-state index < -0.39 is 19.7 Å². The average Bonchev–Trinajstić information content (AvgIpc) is 2.86. The van der Waals surface area contributed by atoms with Gasteiger partial charge in [0.1, 0.15) is 0 Å². The molecule has 35 heavy (non-hydrogen) atoms. The van der Waals surface area contributed by atoms with Gasteiger partial charge in [0.2, 0.25) is 0 Å². The predicted molar refractivity (Wildman–Crippen MR) is 165 cm³/mol.